The summed E-state index contributed by atoms with van der Waals surface area (Å²) in [7, 11) is -1.83. The second kappa shape index (κ2) is 7.93. The van der Waals surface area contributed by atoms with Crippen LogP contribution in [0.15, 0.2) is 17.3 Å². The zero-order valence-corrected chi connectivity index (χ0v) is 16.1. The number of urea groups is 1. The Labute approximate surface area is 154 Å². The number of hydrogen-bond acceptors (Lipinski definition) is 5. The molecule has 2 saturated heterocycles. The van der Waals surface area contributed by atoms with Gasteiger partial charge in [0.15, 0.2) is 0 Å². The number of carbonyl (C=O) groups is 1. The highest BCUT2D eigenvalue weighted by atomic mass is 32.2. The Kier molecular flexibility index (Phi) is 5.83. The molecule has 2 fully saturated rings. The summed E-state index contributed by atoms with van der Waals surface area (Å²) in [5.41, 5.74) is 0. The number of ether oxygens (including phenoxy) is 1. The predicted molar refractivity (Wildman–Crippen MR) is 95.1 cm³/mol. The van der Waals surface area contributed by atoms with Crippen LogP contribution in [0, 0.1) is 0 Å². The molecule has 0 radical (unpaired) electrons. The Hall–Kier alpha value is -1.65. The van der Waals surface area contributed by atoms with E-state index in [-0.39, 0.29) is 23.0 Å². The number of carbonyl (C=O) groups excluding carboxylic acids is 1. The summed E-state index contributed by atoms with van der Waals surface area (Å²) in [6.07, 6.45) is 4.91. The molecule has 1 N–H and O–H groups in total. The Balaban J connectivity index is 1.54. The van der Waals surface area contributed by atoms with Crippen LogP contribution in [0.2, 0.25) is 0 Å². The monoisotopic (exact) mass is 385 g/mol. The molecule has 3 heterocycles. The van der Waals surface area contributed by atoms with Crippen molar-refractivity contribution in [3.05, 3.63) is 12.4 Å². The number of rotatable bonds is 3. The Morgan fingerprint density at radius 3 is 2.69 bits per heavy atom. The van der Waals surface area contributed by atoms with Crippen LogP contribution in [-0.4, -0.2) is 78.4 Å². The topological polar surface area (TPSA) is 96.8 Å². The maximum Gasteiger partial charge on any atom is 0.317 e. The fourth-order valence-electron chi connectivity index (χ4n) is 3.38. The number of aromatic nitrogens is 2. The van der Waals surface area contributed by atoms with Crippen molar-refractivity contribution in [3.63, 3.8) is 0 Å². The summed E-state index contributed by atoms with van der Waals surface area (Å²) >= 11 is 0. The first-order chi connectivity index (χ1) is 12.4. The SMILES string of the molecule is CC1COCCCN1C(=O)NC1CCN(S(=O)(=O)c2cnn(C)c2)CC1. The number of nitrogens with zero attached hydrogens (tertiary/aromatic N) is 4. The van der Waals surface area contributed by atoms with Crippen LogP contribution in [0.4, 0.5) is 4.79 Å². The summed E-state index contributed by atoms with van der Waals surface area (Å²) < 4.78 is 33.7. The molecule has 0 aromatic carbocycles. The predicted octanol–water partition coefficient (Wildman–Crippen LogP) is 0.394. The third-order valence-corrected chi connectivity index (χ3v) is 6.79. The third kappa shape index (κ3) is 4.18. The Morgan fingerprint density at radius 2 is 2.04 bits per heavy atom. The fraction of sp³-hybridized carbons (Fsp3) is 0.750. The molecule has 9 nitrogen and oxygen atoms in total. The van der Waals surface area contributed by atoms with Gasteiger partial charge in [-0.1, -0.05) is 0 Å². The van der Waals surface area contributed by atoms with Crippen LogP contribution in [0.25, 0.3) is 0 Å². The molecule has 10 heteroatoms. The first kappa shape index (κ1) is 19.1. The molecule has 0 aliphatic carbocycles. The standard InChI is InChI=1S/C16H27N5O4S/c1-13-12-25-9-3-6-21(13)16(22)18-14-4-7-20(8-5-14)26(23,24)15-10-17-19(2)11-15/h10-11,13-14H,3-9,12H2,1-2H3,(H,18,22). The lowest BCUT2D eigenvalue weighted by molar-refractivity contribution is 0.112. The van der Waals surface area contributed by atoms with Gasteiger partial charge in [0.2, 0.25) is 10.0 Å². The average molecular weight is 385 g/mol. The van der Waals surface area contributed by atoms with Gasteiger partial charge in [-0.05, 0) is 26.2 Å². The molecule has 1 atom stereocenters. The highest BCUT2D eigenvalue weighted by molar-refractivity contribution is 7.89. The van der Waals surface area contributed by atoms with Gasteiger partial charge in [-0.3, -0.25) is 4.68 Å². The Morgan fingerprint density at radius 1 is 1.31 bits per heavy atom. The van der Waals surface area contributed by atoms with Crippen LogP contribution < -0.4 is 5.32 Å². The maximum absolute atomic E-state index is 12.6. The van der Waals surface area contributed by atoms with Crippen LogP contribution in [0.3, 0.4) is 0 Å². The smallest absolute Gasteiger partial charge is 0.317 e. The lowest BCUT2D eigenvalue weighted by Gasteiger charge is -2.34. The van der Waals surface area contributed by atoms with Gasteiger partial charge in [0.05, 0.1) is 18.8 Å². The van der Waals surface area contributed by atoms with E-state index in [0.717, 1.165) is 6.42 Å². The second-order valence-corrected chi connectivity index (χ2v) is 8.89. The highest BCUT2D eigenvalue weighted by Crippen LogP contribution is 2.20. The minimum absolute atomic E-state index is 0.0146. The molecule has 2 aliphatic rings. The van der Waals surface area contributed by atoms with Gasteiger partial charge in [0.25, 0.3) is 0 Å². The zero-order chi connectivity index (χ0) is 18.7. The van der Waals surface area contributed by atoms with Gasteiger partial charge < -0.3 is 15.0 Å². The molecule has 0 spiro atoms. The van der Waals surface area contributed by atoms with E-state index < -0.39 is 10.0 Å². The third-order valence-electron chi connectivity index (χ3n) is 4.94. The van der Waals surface area contributed by atoms with E-state index in [4.69, 9.17) is 4.74 Å². The van der Waals surface area contributed by atoms with Crippen LogP contribution in [0.5, 0.6) is 0 Å². The second-order valence-electron chi connectivity index (χ2n) is 6.95. The molecule has 1 unspecified atom stereocenters. The largest absolute Gasteiger partial charge is 0.379 e. The van der Waals surface area contributed by atoms with Gasteiger partial charge >= 0.3 is 6.03 Å². The highest BCUT2D eigenvalue weighted by Gasteiger charge is 2.32. The molecule has 2 aliphatic heterocycles. The average Bonchev–Trinajstić information content (AvgIpc) is 2.94. The summed E-state index contributed by atoms with van der Waals surface area (Å²) in [6.45, 7) is 4.67. The van der Waals surface area contributed by atoms with Gasteiger partial charge in [-0.2, -0.15) is 9.40 Å². The molecule has 3 rings (SSSR count). The number of sulfonamides is 1. The first-order valence-corrected chi connectivity index (χ1v) is 10.5. The molecule has 26 heavy (non-hydrogen) atoms. The van der Waals surface area contributed by atoms with E-state index >= 15 is 0 Å². The van der Waals surface area contributed by atoms with Crippen LogP contribution in [0.1, 0.15) is 26.2 Å². The molecule has 0 bridgehead atoms. The van der Waals surface area contributed by atoms with Gasteiger partial charge in [-0.25, -0.2) is 13.2 Å². The van der Waals surface area contributed by atoms with E-state index in [9.17, 15) is 13.2 Å². The fourth-order valence-corrected chi connectivity index (χ4v) is 4.84. The van der Waals surface area contributed by atoms with Crippen molar-refractivity contribution in [2.45, 2.75) is 43.2 Å². The minimum Gasteiger partial charge on any atom is -0.379 e. The first-order valence-electron chi connectivity index (χ1n) is 9.01. The summed E-state index contributed by atoms with van der Waals surface area (Å²) in [4.78, 5) is 14.6. The van der Waals surface area contributed by atoms with Crippen molar-refractivity contribution in [2.24, 2.45) is 7.05 Å². The molecular formula is C16H27N5O4S. The summed E-state index contributed by atoms with van der Waals surface area (Å²) in [5.74, 6) is 0. The summed E-state index contributed by atoms with van der Waals surface area (Å²) in [6, 6.07) is -0.0562. The van der Waals surface area contributed by atoms with E-state index in [1.165, 1.54) is 21.4 Å². The molecule has 1 aromatic heterocycles. The number of amides is 2. The molecule has 0 saturated carbocycles. The van der Waals surface area contributed by atoms with Crippen molar-refractivity contribution in [1.82, 2.24) is 24.3 Å². The van der Waals surface area contributed by atoms with E-state index in [2.05, 4.69) is 10.4 Å². The summed E-state index contributed by atoms with van der Waals surface area (Å²) in [5, 5.41) is 6.99. The zero-order valence-electron chi connectivity index (χ0n) is 15.3. The lowest BCUT2D eigenvalue weighted by Crippen LogP contribution is -2.52. The van der Waals surface area contributed by atoms with Crippen molar-refractivity contribution in [1.29, 1.82) is 0 Å². The van der Waals surface area contributed by atoms with E-state index in [1.54, 1.807) is 7.05 Å². The number of aryl methyl sites for hydroxylation is 1. The minimum atomic E-state index is -3.52. The molecule has 2 amide bonds. The van der Waals surface area contributed by atoms with Crippen molar-refractivity contribution in [3.8, 4) is 0 Å². The van der Waals surface area contributed by atoms with Crippen LogP contribution >= 0.6 is 0 Å². The van der Waals surface area contributed by atoms with Gasteiger partial charge in [-0.15, -0.1) is 0 Å². The molecular weight excluding hydrogens is 358 g/mol. The number of nitrogens with one attached hydrogen (secondary N) is 1. The van der Waals surface area contributed by atoms with E-state index in [0.29, 0.717) is 45.7 Å². The van der Waals surface area contributed by atoms with Gasteiger partial charge in [0.1, 0.15) is 4.90 Å². The number of piperidine rings is 1. The van der Waals surface area contributed by atoms with Crippen LogP contribution in [-0.2, 0) is 21.8 Å². The molecule has 1 aromatic rings. The normalized spacial score (nSPS) is 23.6. The van der Waals surface area contributed by atoms with Crippen molar-refractivity contribution < 1.29 is 17.9 Å². The van der Waals surface area contributed by atoms with E-state index in [1.807, 2.05) is 11.8 Å². The molecule has 146 valence electrons. The quantitative estimate of drug-likeness (QED) is 0.812. The van der Waals surface area contributed by atoms with Gasteiger partial charge in [0, 0.05) is 45.5 Å². The van der Waals surface area contributed by atoms with Crippen molar-refractivity contribution >= 4 is 16.1 Å². The maximum atomic E-state index is 12.6. The Bertz CT molecular complexity index is 727. The lowest BCUT2D eigenvalue weighted by atomic mass is 10.1. The number of hydrogen-bond donors (Lipinski definition) is 1. The van der Waals surface area contributed by atoms with Crippen molar-refractivity contribution in [2.75, 3.05) is 32.8 Å².